The molecule has 2 aliphatic rings. The van der Waals surface area contributed by atoms with E-state index in [0.717, 1.165) is 38.5 Å². The number of ether oxygens (including phenoxy) is 1. The van der Waals surface area contributed by atoms with Crippen LogP contribution in [0, 0.1) is 0 Å². The maximum atomic E-state index is 6.69. The highest BCUT2D eigenvalue weighted by Crippen LogP contribution is 2.46. The van der Waals surface area contributed by atoms with Crippen LogP contribution in [-0.4, -0.2) is 6.10 Å². The second kappa shape index (κ2) is 8.36. The van der Waals surface area contributed by atoms with Crippen molar-refractivity contribution in [2.75, 3.05) is 0 Å². The van der Waals surface area contributed by atoms with Crippen LogP contribution < -0.4 is 15.4 Å². The molecule has 0 fully saturated rings. The molecule has 6 aromatic rings. The monoisotopic (exact) mass is 488 g/mol. The molecule has 2 nitrogen and oxygen atoms in total. The maximum Gasteiger partial charge on any atom is 0.142 e. The van der Waals surface area contributed by atoms with Gasteiger partial charge in [0.1, 0.15) is 22.9 Å². The number of hydrogen-bond donors (Lipinski definition) is 0. The Hall–Kier alpha value is -4.82. The number of benzene rings is 5. The van der Waals surface area contributed by atoms with Crippen molar-refractivity contribution in [1.82, 2.24) is 0 Å². The highest BCUT2D eigenvalue weighted by atomic mass is 16.5. The molecule has 0 N–H and O–H groups in total. The fourth-order valence-electron chi connectivity index (χ4n) is 6.03. The van der Waals surface area contributed by atoms with Crippen molar-refractivity contribution in [2.45, 2.75) is 12.0 Å². The number of fused-ring (bicyclic) bond motifs is 6. The summed E-state index contributed by atoms with van der Waals surface area (Å²) in [6.07, 6.45) is 2.23. The first kappa shape index (κ1) is 21.3. The Morgan fingerprint density at radius 3 is 1.82 bits per heavy atom. The van der Waals surface area contributed by atoms with Crippen molar-refractivity contribution < 1.29 is 9.15 Å². The van der Waals surface area contributed by atoms with E-state index in [1.807, 2.05) is 0 Å². The van der Waals surface area contributed by atoms with Gasteiger partial charge in [-0.25, -0.2) is 0 Å². The molecule has 2 heterocycles. The first-order chi connectivity index (χ1) is 18.8. The van der Waals surface area contributed by atoms with Crippen LogP contribution >= 0.6 is 0 Å². The first-order valence-electron chi connectivity index (χ1n) is 13.1. The SMILES string of the molecule is C1=c2c(oc3ccc(-c4ccccc4)cc23)=C(c2ccccc2)C2Oc3ccc(-c4ccccc4)cc3C12. The second-order valence-electron chi connectivity index (χ2n) is 10.1. The summed E-state index contributed by atoms with van der Waals surface area (Å²) < 4.78 is 13.3. The van der Waals surface area contributed by atoms with Crippen LogP contribution in [0.25, 0.3) is 44.9 Å². The fourth-order valence-corrected chi connectivity index (χ4v) is 6.03. The molecule has 1 aromatic heterocycles. The van der Waals surface area contributed by atoms with Crippen molar-refractivity contribution in [3.05, 3.63) is 149 Å². The fraction of sp³-hybridized carbons (Fsp3) is 0.0556. The molecule has 0 radical (unpaired) electrons. The summed E-state index contributed by atoms with van der Waals surface area (Å²) in [6, 6.07) is 44.7. The van der Waals surface area contributed by atoms with E-state index in [9.17, 15) is 0 Å². The van der Waals surface area contributed by atoms with E-state index in [4.69, 9.17) is 9.15 Å². The molecule has 0 saturated heterocycles. The lowest BCUT2D eigenvalue weighted by molar-refractivity contribution is 0.279. The van der Waals surface area contributed by atoms with Crippen LogP contribution in [0.3, 0.4) is 0 Å². The third-order valence-corrected chi connectivity index (χ3v) is 7.85. The standard InChI is InChI=1S/C36H24O2/c1-4-10-23(11-5-1)26-16-18-32-28(20-26)30-22-31-29-21-27(24-12-6-2-7-13-24)17-19-33(29)38-36(31)34(35(30)37-32)25-14-8-3-9-15-25/h1-22,30,35H. The minimum absolute atomic E-state index is 0.0950. The Bertz CT molecular complexity index is 1930. The van der Waals surface area contributed by atoms with Crippen LogP contribution in [0.2, 0.25) is 0 Å². The van der Waals surface area contributed by atoms with E-state index in [1.165, 1.54) is 27.8 Å². The van der Waals surface area contributed by atoms with E-state index >= 15 is 0 Å². The number of hydrogen-bond acceptors (Lipinski definition) is 2. The van der Waals surface area contributed by atoms with Gasteiger partial charge in [0.2, 0.25) is 0 Å². The van der Waals surface area contributed by atoms with E-state index < -0.39 is 0 Å². The van der Waals surface area contributed by atoms with Crippen LogP contribution in [0.5, 0.6) is 5.75 Å². The van der Waals surface area contributed by atoms with E-state index in [1.54, 1.807) is 0 Å². The smallest absolute Gasteiger partial charge is 0.142 e. The zero-order valence-electron chi connectivity index (χ0n) is 20.7. The Kier molecular flexibility index (Phi) is 4.68. The zero-order chi connectivity index (χ0) is 25.1. The molecule has 2 unspecified atom stereocenters. The van der Waals surface area contributed by atoms with Crippen LogP contribution in [0.1, 0.15) is 17.0 Å². The number of rotatable bonds is 3. The van der Waals surface area contributed by atoms with Crippen molar-refractivity contribution >= 4 is 22.6 Å². The van der Waals surface area contributed by atoms with Gasteiger partial charge >= 0.3 is 0 Å². The molecular weight excluding hydrogens is 464 g/mol. The molecule has 5 aromatic carbocycles. The lowest BCUT2D eigenvalue weighted by Crippen LogP contribution is -2.37. The molecule has 180 valence electrons. The molecule has 0 bridgehead atoms. The molecule has 0 amide bonds. The average Bonchev–Trinajstić information content (AvgIpc) is 3.54. The van der Waals surface area contributed by atoms with Gasteiger partial charge in [0.15, 0.2) is 0 Å². The van der Waals surface area contributed by atoms with E-state index in [0.29, 0.717) is 0 Å². The highest BCUT2D eigenvalue weighted by molar-refractivity contribution is 5.88. The van der Waals surface area contributed by atoms with Crippen molar-refractivity contribution in [3.8, 4) is 28.0 Å². The molecule has 0 saturated carbocycles. The molecule has 2 atom stereocenters. The van der Waals surface area contributed by atoms with Gasteiger partial charge < -0.3 is 9.15 Å². The van der Waals surface area contributed by atoms with Crippen molar-refractivity contribution in [3.63, 3.8) is 0 Å². The number of furan rings is 1. The summed E-state index contributed by atoms with van der Waals surface area (Å²) in [7, 11) is 0. The maximum absolute atomic E-state index is 6.69. The summed E-state index contributed by atoms with van der Waals surface area (Å²) in [6.45, 7) is 0. The lowest BCUT2D eigenvalue weighted by Gasteiger charge is -2.22. The highest BCUT2D eigenvalue weighted by Gasteiger charge is 2.39. The Balaban J connectivity index is 1.38. The van der Waals surface area contributed by atoms with Gasteiger partial charge in [-0.15, -0.1) is 0 Å². The lowest BCUT2D eigenvalue weighted by atomic mass is 9.83. The van der Waals surface area contributed by atoms with Crippen LogP contribution in [-0.2, 0) is 0 Å². The predicted octanol–water partition coefficient (Wildman–Crippen LogP) is 7.30. The third-order valence-electron chi connectivity index (χ3n) is 7.85. The summed E-state index contributed by atoms with van der Waals surface area (Å²) in [5, 5.41) is 2.29. The quantitative estimate of drug-likeness (QED) is 0.261. The molecular formula is C36H24O2. The Morgan fingerprint density at radius 1 is 0.526 bits per heavy atom. The third kappa shape index (κ3) is 3.27. The van der Waals surface area contributed by atoms with E-state index in [2.05, 4.69) is 133 Å². The topological polar surface area (TPSA) is 22.4 Å². The van der Waals surface area contributed by atoms with E-state index in [-0.39, 0.29) is 12.0 Å². The Morgan fingerprint density at radius 2 is 1.13 bits per heavy atom. The van der Waals surface area contributed by atoms with Gasteiger partial charge in [-0.2, -0.15) is 0 Å². The average molecular weight is 489 g/mol. The summed E-state index contributed by atoms with van der Waals surface area (Å²) >= 11 is 0. The van der Waals surface area contributed by atoms with Gasteiger partial charge in [-0.3, -0.25) is 0 Å². The Labute approximate surface area is 220 Å². The minimum atomic E-state index is -0.139. The van der Waals surface area contributed by atoms with Gasteiger partial charge in [-0.05, 0) is 52.1 Å². The van der Waals surface area contributed by atoms with Gasteiger partial charge in [0.25, 0.3) is 0 Å². The van der Waals surface area contributed by atoms with Crippen molar-refractivity contribution in [2.24, 2.45) is 0 Å². The predicted molar refractivity (Wildman–Crippen MR) is 153 cm³/mol. The molecule has 1 aliphatic heterocycles. The van der Waals surface area contributed by atoms with Gasteiger partial charge in [0.05, 0.1) is 0 Å². The molecule has 1 aliphatic carbocycles. The van der Waals surface area contributed by atoms with Crippen LogP contribution in [0.15, 0.2) is 132 Å². The van der Waals surface area contributed by atoms with Crippen molar-refractivity contribution in [1.29, 1.82) is 0 Å². The molecule has 8 rings (SSSR count). The molecule has 2 heteroatoms. The zero-order valence-corrected chi connectivity index (χ0v) is 20.7. The summed E-state index contributed by atoms with van der Waals surface area (Å²) in [5.74, 6) is 1.04. The first-order valence-corrected chi connectivity index (χ1v) is 13.1. The molecule has 0 spiro atoms. The van der Waals surface area contributed by atoms with Crippen LogP contribution in [0.4, 0.5) is 0 Å². The second-order valence-corrected chi connectivity index (χ2v) is 10.1. The van der Waals surface area contributed by atoms with Gasteiger partial charge in [0, 0.05) is 27.7 Å². The van der Waals surface area contributed by atoms with Gasteiger partial charge in [-0.1, -0.05) is 109 Å². The summed E-state index contributed by atoms with van der Waals surface area (Å²) in [5.41, 5.74) is 10.1. The minimum Gasteiger partial charge on any atom is -0.484 e. The molecule has 38 heavy (non-hydrogen) atoms. The normalized spacial score (nSPS) is 17.3. The largest absolute Gasteiger partial charge is 0.484 e. The summed E-state index contributed by atoms with van der Waals surface area (Å²) in [4.78, 5) is 0.